The van der Waals surface area contributed by atoms with Crippen molar-refractivity contribution in [3.8, 4) is 0 Å². The Morgan fingerprint density at radius 2 is 2.08 bits per heavy atom. The van der Waals surface area contributed by atoms with Crippen LogP contribution in [-0.4, -0.2) is 20.7 Å². The Bertz CT molecular complexity index is 209. The molecule has 2 atom stereocenters. The first-order valence-electron chi connectivity index (χ1n) is 4.77. The molecule has 2 unspecified atom stereocenters. The molecule has 0 bridgehead atoms. The van der Waals surface area contributed by atoms with Gasteiger partial charge in [0.15, 0.2) is 10.1 Å². The van der Waals surface area contributed by atoms with E-state index in [9.17, 15) is 4.21 Å². The van der Waals surface area contributed by atoms with Crippen LogP contribution in [0.25, 0.3) is 0 Å². The van der Waals surface area contributed by atoms with Gasteiger partial charge in [0.2, 0.25) is 0 Å². The number of hydrogen-bond acceptors (Lipinski definition) is 2. The minimum absolute atomic E-state index is 0.124. The smallest absolute Gasteiger partial charge is 0.195 e. The minimum atomic E-state index is -3.27. The lowest BCUT2D eigenvalue weighted by molar-refractivity contribution is 0.183. The summed E-state index contributed by atoms with van der Waals surface area (Å²) in [4.78, 5) is 0. The molecule has 0 spiro atoms. The molecule has 0 radical (unpaired) electrons. The van der Waals surface area contributed by atoms with Crippen molar-refractivity contribution >= 4 is 16.0 Å². The van der Waals surface area contributed by atoms with Crippen molar-refractivity contribution < 1.29 is 12.9 Å². The summed E-state index contributed by atoms with van der Waals surface area (Å²) in [5, 5.41) is 0. The highest BCUT2D eigenvalue weighted by atomic mass is 32.2. The van der Waals surface area contributed by atoms with Gasteiger partial charge in [0.05, 0.1) is 6.10 Å². The number of unbranched alkanes of at least 4 members (excludes halogenated alkanes) is 2. The van der Waals surface area contributed by atoms with E-state index in [1.54, 1.807) is 0 Å². The van der Waals surface area contributed by atoms with Gasteiger partial charge in [-0.05, 0) is 12.8 Å². The Labute approximate surface area is 81.5 Å². The van der Waals surface area contributed by atoms with Crippen molar-refractivity contribution in [1.29, 1.82) is 0 Å². The van der Waals surface area contributed by atoms with Gasteiger partial charge in [-0.2, -0.15) is 0 Å². The molecule has 0 saturated carbocycles. The van der Waals surface area contributed by atoms with E-state index in [0.29, 0.717) is 0 Å². The van der Waals surface area contributed by atoms with Gasteiger partial charge in [-0.1, -0.05) is 33.1 Å². The summed E-state index contributed by atoms with van der Waals surface area (Å²) in [5.74, 6) is 3.05. The van der Waals surface area contributed by atoms with Gasteiger partial charge in [-0.3, -0.25) is 8.74 Å². The molecule has 0 aliphatic carbocycles. The molecule has 0 aromatic carbocycles. The second-order valence-electron chi connectivity index (χ2n) is 3.20. The first-order valence-corrected chi connectivity index (χ1v) is 6.38. The van der Waals surface area contributed by atoms with Crippen molar-refractivity contribution in [3.63, 3.8) is 0 Å². The first-order chi connectivity index (χ1) is 5.99. The topological polar surface area (TPSA) is 46.5 Å². The standard InChI is InChI=1S/C9H20O3S/c1-4-6-7-8-9(5-2)12-13(3,10)11/h9H,3-8H2,1-2H3,(H,10,11). The third-order valence-electron chi connectivity index (χ3n) is 1.87. The zero-order chi connectivity index (χ0) is 10.3. The molecule has 0 amide bonds. The first kappa shape index (κ1) is 12.9. The van der Waals surface area contributed by atoms with E-state index in [2.05, 4.69) is 12.8 Å². The summed E-state index contributed by atoms with van der Waals surface area (Å²) in [6.07, 6.45) is 4.82. The summed E-state index contributed by atoms with van der Waals surface area (Å²) in [6.45, 7) is 4.07. The van der Waals surface area contributed by atoms with E-state index in [1.807, 2.05) is 6.92 Å². The quantitative estimate of drug-likeness (QED) is 0.516. The molecule has 3 nitrogen and oxygen atoms in total. The van der Waals surface area contributed by atoms with Crippen molar-refractivity contribution in [2.75, 3.05) is 0 Å². The van der Waals surface area contributed by atoms with Gasteiger partial charge in [-0.25, -0.2) is 4.21 Å². The molecule has 4 heteroatoms. The van der Waals surface area contributed by atoms with Gasteiger partial charge in [-0.15, -0.1) is 0 Å². The predicted octanol–water partition coefficient (Wildman–Crippen LogP) is 2.47. The molecule has 0 saturated heterocycles. The fraction of sp³-hybridized carbons (Fsp3) is 0.889. The van der Waals surface area contributed by atoms with Crippen LogP contribution in [0.3, 0.4) is 0 Å². The molecule has 0 heterocycles. The highest BCUT2D eigenvalue weighted by Gasteiger charge is 2.10. The lowest BCUT2D eigenvalue weighted by atomic mass is 10.1. The Hall–Kier alpha value is -0.0600. The van der Waals surface area contributed by atoms with Gasteiger partial charge < -0.3 is 0 Å². The third kappa shape index (κ3) is 8.28. The van der Waals surface area contributed by atoms with Crippen LogP contribution < -0.4 is 0 Å². The van der Waals surface area contributed by atoms with Crippen molar-refractivity contribution in [2.24, 2.45) is 0 Å². The Balaban J connectivity index is 3.77. The van der Waals surface area contributed by atoms with Gasteiger partial charge in [0.1, 0.15) is 0 Å². The molecule has 0 aliphatic rings. The summed E-state index contributed by atoms with van der Waals surface area (Å²) < 4.78 is 24.6. The summed E-state index contributed by atoms with van der Waals surface area (Å²) in [6, 6.07) is 0. The maximum Gasteiger partial charge on any atom is 0.195 e. The monoisotopic (exact) mass is 208 g/mol. The predicted molar refractivity (Wildman–Crippen MR) is 57.2 cm³/mol. The summed E-state index contributed by atoms with van der Waals surface area (Å²) >= 11 is 0. The van der Waals surface area contributed by atoms with Crippen LogP contribution in [0.1, 0.15) is 46.0 Å². The fourth-order valence-corrected chi connectivity index (χ4v) is 1.81. The molecule has 0 aromatic rings. The van der Waals surface area contributed by atoms with Crippen LogP contribution in [0, 0.1) is 0 Å². The van der Waals surface area contributed by atoms with Crippen LogP contribution in [0.15, 0.2) is 0 Å². The second kappa shape index (κ2) is 6.40. The van der Waals surface area contributed by atoms with Crippen molar-refractivity contribution in [1.82, 2.24) is 0 Å². The average Bonchev–Trinajstić information content (AvgIpc) is 2.01. The molecule has 0 fully saturated rings. The number of hydrogen-bond donors (Lipinski definition) is 1. The maximum absolute atomic E-state index is 10.8. The molecular weight excluding hydrogens is 188 g/mol. The van der Waals surface area contributed by atoms with Crippen molar-refractivity contribution in [3.05, 3.63) is 0 Å². The number of rotatable bonds is 7. The highest BCUT2D eigenvalue weighted by Crippen LogP contribution is 2.11. The van der Waals surface area contributed by atoms with Gasteiger partial charge in [0, 0.05) is 5.87 Å². The van der Waals surface area contributed by atoms with Crippen LogP contribution in [0.5, 0.6) is 0 Å². The third-order valence-corrected chi connectivity index (χ3v) is 2.44. The van der Waals surface area contributed by atoms with Crippen LogP contribution in [0.4, 0.5) is 0 Å². The van der Waals surface area contributed by atoms with Crippen LogP contribution >= 0.6 is 0 Å². The lowest BCUT2D eigenvalue weighted by Gasteiger charge is -2.14. The van der Waals surface area contributed by atoms with E-state index in [1.165, 1.54) is 0 Å². The van der Waals surface area contributed by atoms with Crippen molar-refractivity contribution in [2.45, 2.75) is 52.1 Å². The Morgan fingerprint density at radius 1 is 1.46 bits per heavy atom. The molecule has 1 N–H and O–H groups in total. The molecule has 80 valence electrons. The molecule has 0 aromatic heterocycles. The SMILES string of the molecule is C=S(=O)(O)OC(CC)CCCCC. The van der Waals surface area contributed by atoms with Crippen LogP contribution in [-0.2, 0) is 14.3 Å². The van der Waals surface area contributed by atoms with Crippen LogP contribution in [0.2, 0.25) is 0 Å². The normalized spacial score (nSPS) is 18.1. The van der Waals surface area contributed by atoms with E-state index < -0.39 is 10.1 Å². The molecular formula is C9H20O3S. The highest BCUT2D eigenvalue weighted by molar-refractivity contribution is 7.90. The van der Waals surface area contributed by atoms with E-state index in [-0.39, 0.29) is 6.10 Å². The Kier molecular flexibility index (Phi) is 6.37. The zero-order valence-corrected chi connectivity index (χ0v) is 9.31. The summed E-state index contributed by atoms with van der Waals surface area (Å²) in [5.41, 5.74) is 0. The average molecular weight is 208 g/mol. The molecule has 13 heavy (non-hydrogen) atoms. The summed E-state index contributed by atoms with van der Waals surface area (Å²) in [7, 11) is -3.27. The molecule has 0 aliphatic heterocycles. The fourth-order valence-electron chi connectivity index (χ4n) is 1.15. The van der Waals surface area contributed by atoms with E-state index >= 15 is 0 Å². The minimum Gasteiger partial charge on any atom is -0.294 e. The largest absolute Gasteiger partial charge is 0.294 e. The Morgan fingerprint density at radius 3 is 2.46 bits per heavy atom. The lowest BCUT2D eigenvalue weighted by Crippen LogP contribution is -2.16. The zero-order valence-electron chi connectivity index (χ0n) is 8.49. The van der Waals surface area contributed by atoms with Gasteiger partial charge >= 0.3 is 0 Å². The molecule has 0 rings (SSSR count). The van der Waals surface area contributed by atoms with E-state index in [4.69, 9.17) is 8.74 Å². The van der Waals surface area contributed by atoms with Gasteiger partial charge in [0.25, 0.3) is 0 Å². The maximum atomic E-state index is 10.8. The second-order valence-corrected chi connectivity index (χ2v) is 4.56. The van der Waals surface area contributed by atoms with E-state index in [0.717, 1.165) is 32.1 Å².